The highest BCUT2D eigenvalue weighted by atomic mass is 35.5. The van der Waals surface area contributed by atoms with E-state index in [4.69, 9.17) is 22.1 Å². The Morgan fingerprint density at radius 3 is 3.10 bits per heavy atom. The van der Waals surface area contributed by atoms with Gasteiger partial charge in [0, 0.05) is 28.3 Å². The molecule has 1 aromatic carbocycles. The summed E-state index contributed by atoms with van der Waals surface area (Å²) in [5.74, 6) is 0.786. The minimum atomic E-state index is -0.578. The van der Waals surface area contributed by atoms with Crippen molar-refractivity contribution in [3.8, 4) is 5.75 Å². The molecule has 2 aromatic rings. The minimum Gasteiger partial charge on any atom is -0.493 e. The topological polar surface area (TPSA) is 52.3 Å². The number of ketones is 1. The number of thiophene rings is 1. The van der Waals surface area contributed by atoms with E-state index in [-0.39, 0.29) is 12.2 Å². The molecule has 1 atom stereocenters. The molecule has 0 spiro atoms. The zero-order chi connectivity index (χ0) is 14.1. The fraction of sp³-hybridized carbons (Fsp3) is 0.267. The Kier molecular flexibility index (Phi) is 3.78. The molecule has 0 radical (unpaired) electrons. The summed E-state index contributed by atoms with van der Waals surface area (Å²) in [5, 5.41) is 2.56. The van der Waals surface area contributed by atoms with Gasteiger partial charge in [0.05, 0.1) is 12.6 Å². The molecule has 0 bridgehead atoms. The van der Waals surface area contributed by atoms with Gasteiger partial charge in [-0.2, -0.15) is 0 Å². The lowest BCUT2D eigenvalue weighted by molar-refractivity contribution is -0.119. The number of hydrogen-bond acceptors (Lipinski definition) is 4. The Morgan fingerprint density at radius 2 is 2.35 bits per heavy atom. The van der Waals surface area contributed by atoms with E-state index in [9.17, 15) is 4.79 Å². The molecular formula is C15H14ClNO2S. The SMILES string of the molecule is NC(C(=O)Cc1cc(Cl)cc2c1OCC2)c1cccs1. The molecule has 3 nitrogen and oxygen atoms in total. The van der Waals surface area contributed by atoms with E-state index in [1.165, 1.54) is 11.3 Å². The lowest BCUT2D eigenvalue weighted by Crippen LogP contribution is -2.22. The molecule has 20 heavy (non-hydrogen) atoms. The number of halogens is 1. The van der Waals surface area contributed by atoms with Crippen LogP contribution in [0.2, 0.25) is 5.02 Å². The Balaban J connectivity index is 1.83. The van der Waals surface area contributed by atoms with E-state index in [1.54, 1.807) is 6.07 Å². The fourth-order valence-electron chi connectivity index (χ4n) is 2.40. The number of nitrogens with two attached hydrogens (primary N) is 1. The number of rotatable bonds is 4. The van der Waals surface area contributed by atoms with Crippen molar-refractivity contribution in [3.05, 3.63) is 50.7 Å². The summed E-state index contributed by atoms with van der Waals surface area (Å²) in [4.78, 5) is 13.2. The van der Waals surface area contributed by atoms with Crippen molar-refractivity contribution < 1.29 is 9.53 Å². The van der Waals surface area contributed by atoms with Crippen LogP contribution < -0.4 is 10.5 Å². The molecule has 2 N–H and O–H groups in total. The Morgan fingerprint density at radius 1 is 1.50 bits per heavy atom. The zero-order valence-electron chi connectivity index (χ0n) is 10.8. The number of carbonyl (C=O) groups is 1. The maximum Gasteiger partial charge on any atom is 0.159 e. The molecule has 2 heterocycles. The fourth-order valence-corrected chi connectivity index (χ4v) is 3.41. The van der Waals surface area contributed by atoms with Gasteiger partial charge in [-0.25, -0.2) is 0 Å². The largest absolute Gasteiger partial charge is 0.493 e. The van der Waals surface area contributed by atoms with Gasteiger partial charge < -0.3 is 10.5 Å². The van der Waals surface area contributed by atoms with Crippen LogP contribution in [0.1, 0.15) is 22.0 Å². The molecule has 5 heteroatoms. The van der Waals surface area contributed by atoms with Gasteiger partial charge in [0.2, 0.25) is 0 Å². The number of hydrogen-bond donors (Lipinski definition) is 1. The van der Waals surface area contributed by atoms with E-state index in [0.29, 0.717) is 11.6 Å². The van der Waals surface area contributed by atoms with Crippen LogP contribution in [0, 0.1) is 0 Å². The monoisotopic (exact) mass is 307 g/mol. The molecule has 1 unspecified atom stereocenters. The van der Waals surface area contributed by atoms with E-state index in [0.717, 1.165) is 28.2 Å². The van der Waals surface area contributed by atoms with Gasteiger partial charge in [0.1, 0.15) is 5.75 Å². The maximum atomic E-state index is 12.3. The van der Waals surface area contributed by atoms with Crippen LogP contribution in [0.25, 0.3) is 0 Å². The highest BCUT2D eigenvalue weighted by Crippen LogP contribution is 2.34. The standard InChI is InChI=1S/C15H14ClNO2S/c16-11-6-9-3-4-19-15(9)10(7-11)8-12(18)14(17)13-2-1-5-20-13/h1-2,5-7,14H,3-4,8,17H2. The van der Waals surface area contributed by atoms with Gasteiger partial charge in [0.15, 0.2) is 5.78 Å². The summed E-state index contributed by atoms with van der Waals surface area (Å²) in [7, 11) is 0. The van der Waals surface area contributed by atoms with Crippen LogP contribution in [0.15, 0.2) is 29.6 Å². The van der Waals surface area contributed by atoms with Crippen LogP contribution >= 0.6 is 22.9 Å². The average Bonchev–Trinajstić information content (AvgIpc) is 3.08. The molecule has 0 aliphatic carbocycles. The first-order chi connectivity index (χ1) is 9.65. The molecule has 104 valence electrons. The second kappa shape index (κ2) is 5.56. The summed E-state index contributed by atoms with van der Waals surface area (Å²) in [6.45, 7) is 0.647. The quantitative estimate of drug-likeness (QED) is 0.944. The van der Waals surface area contributed by atoms with E-state index >= 15 is 0 Å². The maximum absolute atomic E-state index is 12.3. The van der Waals surface area contributed by atoms with Crippen molar-refractivity contribution in [2.45, 2.75) is 18.9 Å². The van der Waals surface area contributed by atoms with Gasteiger partial charge in [-0.1, -0.05) is 17.7 Å². The first-order valence-electron chi connectivity index (χ1n) is 6.41. The van der Waals surface area contributed by atoms with Crippen molar-refractivity contribution in [2.24, 2.45) is 5.73 Å². The van der Waals surface area contributed by atoms with Crippen LogP contribution in [-0.2, 0) is 17.6 Å². The van der Waals surface area contributed by atoms with Gasteiger partial charge >= 0.3 is 0 Å². The van der Waals surface area contributed by atoms with Crippen LogP contribution in [0.4, 0.5) is 0 Å². The molecule has 0 saturated carbocycles. The first kappa shape index (κ1) is 13.6. The van der Waals surface area contributed by atoms with Crippen molar-refractivity contribution in [1.29, 1.82) is 0 Å². The molecule has 0 fully saturated rings. The third-order valence-electron chi connectivity index (χ3n) is 3.39. The minimum absolute atomic E-state index is 0.0209. The normalized spacial score (nSPS) is 14.7. The molecule has 0 amide bonds. The average molecular weight is 308 g/mol. The van der Waals surface area contributed by atoms with Crippen molar-refractivity contribution in [1.82, 2.24) is 0 Å². The van der Waals surface area contributed by atoms with Crippen LogP contribution in [0.5, 0.6) is 5.75 Å². The lowest BCUT2D eigenvalue weighted by Gasteiger charge is -2.11. The van der Waals surface area contributed by atoms with Gasteiger partial charge in [-0.15, -0.1) is 11.3 Å². The lowest BCUT2D eigenvalue weighted by atomic mass is 10.00. The molecule has 1 aliphatic heterocycles. The Hall–Kier alpha value is -1.36. The number of carbonyl (C=O) groups excluding carboxylic acids is 1. The third kappa shape index (κ3) is 2.59. The highest BCUT2D eigenvalue weighted by Gasteiger charge is 2.22. The molecule has 1 aliphatic rings. The second-order valence-corrected chi connectivity index (χ2v) is 6.20. The van der Waals surface area contributed by atoms with Crippen molar-refractivity contribution in [3.63, 3.8) is 0 Å². The van der Waals surface area contributed by atoms with Gasteiger partial charge in [-0.3, -0.25) is 4.79 Å². The smallest absolute Gasteiger partial charge is 0.159 e. The summed E-state index contributed by atoms with van der Waals surface area (Å²) in [6.07, 6.45) is 1.09. The van der Waals surface area contributed by atoms with Crippen molar-refractivity contribution in [2.75, 3.05) is 6.61 Å². The predicted molar refractivity (Wildman–Crippen MR) is 80.6 cm³/mol. The molecule has 0 saturated heterocycles. The molecular weight excluding hydrogens is 294 g/mol. The summed E-state index contributed by atoms with van der Waals surface area (Å²) in [5.41, 5.74) is 7.91. The van der Waals surface area contributed by atoms with E-state index < -0.39 is 6.04 Å². The Bertz CT molecular complexity index is 640. The van der Waals surface area contributed by atoms with E-state index in [2.05, 4.69) is 0 Å². The number of fused-ring (bicyclic) bond motifs is 1. The van der Waals surface area contributed by atoms with Gasteiger partial charge in [-0.05, 0) is 29.1 Å². The predicted octanol–water partition coefficient (Wildman–Crippen LogP) is 3.15. The second-order valence-electron chi connectivity index (χ2n) is 4.79. The number of ether oxygens (including phenoxy) is 1. The summed E-state index contributed by atoms with van der Waals surface area (Å²) in [6, 6.07) is 6.90. The summed E-state index contributed by atoms with van der Waals surface area (Å²) < 4.78 is 5.61. The molecule has 1 aromatic heterocycles. The Labute approximate surface area is 126 Å². The van der Waals surface area contributed by atoms with Gasteiger partial charge in [0.25, 0.3) is 0 Å². The first-order valence-corrected chi connectivity index (χ1v) is 7.66. The van der Waals surface area contributed by atoms with E-state index in [1.807, 2.05) is 23.6 Å². The van der Waals surface area contributed by atoms with Crippen molar-refractivity contribution >= 4 is 28.7 Å². The highest BCUT2D eigenvalue weighted by molar-refractivity contribution is 7.10. The number of Topliss-reactive ketones (excluding diaryl/α,β-unsaturated/α-hetero) is 1. The summed E-state index contributed by atoms with van der Waals surface area (Å²) >= 11 is 7.59. The third-order valence-corrected chi connectivity index (χ3v) is 4.56. The van der Waals surface area contributed by atoms with Crippen LogP contribution in [0.3, 0.4) is 0 Å². The zero-order valence-corrected chi connectivity index (χ0v) is 12.3. The number of benzene rings is 1. The molecule has 3 rings (SSSR count). The van der Waals surface area contributed by atoms with Crippen LogP contribution in [-0.4, -0.2) is 12.4 Å².